The largest absolute Gasteiger partial charge is 0.481 e. The zero-order chi connectivity index (χ0) is 94.9. The van der Waals surface area contributed by atoms with Crippen LogP contribution in [0.5, 0.6) is 5.75 Å². The van der Waals surface area contributed by atoms with Crippen molar-refractivity contribution in [1.82, 2.24) is 63.5 Å². The highest BCUT2D eigenvalue weighted by Crippen LogP contribution is 2.22. The molecular formula is C85H123N13O30S. The summed E-state index contributed by atoms with van der Waals surface area (Å²) >= 11 is 0. The lowest BCUT2D eigenvalue weighted by atomic mass is 10.0. The molecule has 0 bridgehead atoms. The first kappa shape index (κ1) is 109. The Bertz CT molecular complexity index is 4390. The highest BCUT2D eigenvalue weighted by molar-refractivity contribution is 7.81. The monoisotopic (exact) mass is 1840 g/mol. The van der Waals surface area contributed by atoms with Gasteiger partial charge in [-0.2, -0.15) is 8.42 Å². The number of carboxylic acids is 5. The molecule has 4 aromatic rings. The number of carbonyl (C=O) groups excluding carboxylic acids is 12. The smallest absolute Gasteiger partial charge is 0.446 e. The summed E-state index contributed by atoms with van der Waals surface area (Å²) in [6.07, 6.45) is 12.1. The maximum atomic E-state index is 14.5. The van der Waals surface area contributed by atoms with Gasteiger partial charge in [-0.25, -0.2) is 4.79 Å². The van der Waals surface area contributed by atoms with Gasteiger partial charge in [0.05, 0.1) is 59.0 Å². The van der Waals surface area contributed by atoms with Gasteiger partial charge in [0.15, 0.2) is 0 Å². The van der Waals surface area contributed by atoms with Gasteiger partial charge < -0.3 is 118 Å². The summed E-state index contributed by atoms with van der Waals surface area (Å²) < 4.78 is 58.2. The molecule has 0 radical (unpaired) electrons. The zero-order valence-corrected chi connectivity index (χ0v) is 73.1. The van der Waals surface area contributed by atoms with Crippen LogP contribution in [0.3, 0.4) is 0 Å². The van der Waals surface area contributed by atoms with E-state index in [1.807, 2.05) is 0 Å². The van der Waals surface area contributed by atoms with Crippen molar-refractivity contribution in [2.75, 3.05) is 72.5 Å². The van der Waals surface area contributed by atoms with Crippen molar-refractivity contribution in [2.24, 2.45) is 5.73 Å². The van der Waals surface area contributed by atoms with Crippen molar-refractivity contribution in [3.8, 4) is 5.75 Å². The molecule has 1 aromatic heterocycles. The van der Waals surface area contributed by atoms with Crippen LogP contribution in [0, 0.1) is 0 Å². The lowest BCUT2D eigenvalue weighted by Gasteiger charge is -2.26. The van der Waals surface area contributed by atoms with Crippen molar-refractivity contribution in [1.29, 1.82) is 0 Å². The fraction of sp³-hybridized carbons (Fsp3) is 0.565. The molecule has 8 atom stereocenters. The van der Waals surface area contributed by atoms with Crippen molar-refractivity contribution >= 4 is 122 Å². The van der Waals surface area contributed by atoms with Gasteiger partial charge in [-0.1, -0.05) is 157 Å². The molecule has 4 rings (SSSR count). The number of rotatable bonds is 72. The van der Waals surface area contributed by atoms with Crippen LogP contribution >= 0.6 is 0 Å². The van der Waals surface area contributed by atoms with Crippen LogP contribution in [0.2, 0.25) is 0 Å². The van der Waals surface area contributed by atoms with Crippen LogP contribution in [-0.4, -0.2) is 265 Å². The quantitative estimate of drug-likeness (QED) is 0.0219. The molecule has 0 spiro atoms. The second-order valence-corrected chi connectivity index (χ2v) is 31.4. The molecule has 0 aliphatic heterocycles. The summed E-state index contributed by atoms with van der Waals surface area (Å²) in [5.41, 5.74) is 7.31. The number of nitrogens with one attached hydrogen (secondary N) is 12. The van der Waals surface area contributed by atoms with E-state index in [2.05, 4.69) is 67.7 Å². The molecule has 43 nitrogen and oxygen atoms in total. The van der Waals surface area contributed by atoms with E-state index in [-0.39, 0.29) is 122 Å². The number of primary amides is 1. The van der Waals surface area contributed by atoms with Crippen LogP contribution in [0.1, 0.15) is 184 Å². The third-order valence-corrected chi connectivity index (χ3v) is 20.2. The number of hydrogen-bond donors (Lipinski definition) is 19. The summed E-state index contributed by atoms with van der Waals surface area (Å²) in [6.45, 7) is -0.332. The highest BCUT2D eigenvalue weighted by Gasteiger charge is 2.36. The molecule has 0 fully saturated rings. The first-order valence-electron chi connectivity index (χ1n) is 42.9. The van der Waals surface area contributed by atoms with Crippen molar-refractivity contribution in [3.63, 3.8) is 0 Å². The Morgan fingerprint density at radius 1 is 0.380 bits per heavy atom. The van der Waals surface area contributed by atoms with Crippen molar-refractivity contribution in [2.45, 2.75) is 235 Å². The van der Waals surface area contributed by atoms with Gasteiger partial charge in [-0.15, -0.1) is 0 Å². The number of nitrogens with two attached hydrogens (primary N) is 1. The summed E-state index contributed by atoms with van der Waals surface area (Å²) in [6, 6.07) is 6.42. The van der Waals surface area contributed by atoms with E-state index in [9.17, 15) is 115 Å². The van der Waals surface area contributed by atoms with Crippen LogP contribution in [0.4, 0.5) is 0 Å². The van der Waals surface area contributed by atoms with Gasteiger partial charge in [0, 0.05) is 75.1 Å². The van der Waals surface area contributed by atoms with E-state index in [0.29, 0.717) is 34.9 Å². The number of aromatic amines is 1. The summed E-state index contributed by atoms with van der Waals surface area (Å²) in [5, 5.41) is 74.9. The number of ether oxygens (including phenoxy) is 4. The number of unbranched alkanes of at least 4 members (excludes halogenated alkanes) is 14. The lowest BCUT2D eigenvalue weighted by Crippen LogP contribution is -2.59. The number of carboxylic acid groups (broad SMARTS) is 5. The number of hydrogen-bond acceptors (Lipinski definition) is 24. The topological polar surface area (TPSA) is 666 Å². The van der Waals surface area contributed by atoms with E-state index in [0.717, 1.165) is 69.9 Å². The second-order valence-electron chi connectivity index (χ2n) is 30.4. The van der Waals surface area contributed by atoms with E-state index in [1.165, 1.54) is 44.0 Å². The van der Waals surface area contributed by atoms with Gasteiger partial charge >= 0.3 is 40.2 Å². The summed E-state index contributed by atoms with van der Waals surface area (Å²) in [7, 11) is -5.01. The van der Waals surface area contributed by atoms with E-state index in [1.54, 1.807) is 61.5 Å². The minimum Gasteiger partial charge on any atom is -0.481 e. The number of benzene rings is 3. The number of fused-ring (bicyclic) bond motifs is 1. The highest BCUT2D eigenvalue weighted by atomic mass is 32.3. The maximum Gasteiger partial charge on any atom is 0.446 e. The second kappa shape index (κ2) is 62.0. The fourth-order valence-corrected chi connectivity index (χ4v) is 13.4. The molecule has 714 valence electrons. The standard InChI is InChI=1S/C85H123N13O30S/c1-2-3-26-61(79(113)90-52-71(101)92-66(48-57-51-89-60-27-22-21-25-59(57)60)82(116)95-62(35-37-75(106)107)80(114)98-68(50-77(110)111)84(118)96-64(78(86)112)46-55-23-17-16-18-24-55)94-81(115)65(47-56-30-32-58(33-31-56)128-129(121,122)123)97-83(117)67(49-76(108)109)93-73(103)54-127-45-43-125-41-39-88-72(102)53-126-44-42-124-40-38-87-69(99)36-34-63(85(119)120)91-70(100)28-19-14-12-10-8-6-4-5-7-9-11-13-15-20-29-74(104)105/h16-18,21-25,27,30-33,51,61-68,89H,2-15,19-20,26,28-29,34-50,52-54H2,1H3,(H2,86,112)(H,87,99)(H,88,102)(H,90,113)(H,91,100)(H,92,101)(H,93,103)(H,94,115)(H,95,116)(H,96,118)(H,97,117)(H,98,114)(H,104,105)(H,106,107)(H,108,109)(H,110,111)(H,119,120)(H,121,122,123)/t61-,62-,63-,64-,65-,66-,67-,68-/m0/s1. The third kappa shape index (κ3) is 49.0. The number of H-pyrrole nitrogens is 1. The molecule has 0 aliphatic rings. The van der Waals surface area contributed by atoms with Crippen LogP contribution in [0.25, 0.3) is 10.9 Å². The molecule has 12 amide bonds. The molecule has 3 aromatic carbocycles. The van der Waals surface area contributed by atoms with Crippen LogP contribution < -0.4 is 68.4 Å². The number of aliphatic carboxylic acids is 5. The van der Waals surface area contributed by atoms with Crippen molar-refractivity contribution in [3.05, 3.63) is 102 Å². The first-order chi connectivity index (χ1) is 61.6. The average Bonchev–Trinajstić information content (AvgIpc) is 1.78. The molecular weight excluding hydrogens is 1720 g/mol. The third-order valence-electron chi connectivity index (χ3n) is 19.8. The van der Waals surface area contributed by atoms with E-state index < -0.39 is 205 Å². The number of amides is 12. The Hall–Kier alpha value is -12.3. The average molecular weight is 1840 g/mol. The minimum absolute atomic E-state index is 0.0150. The Balaban J connectivity index is 1.26. The van der Waals surface area contributed by atoms with Gasteiger partial charge in [0.2, 0.25) is 70.9 Å². The number of para-hydroxylation sites is 1. The maximum absolute atomic E-state index is 14.5. The fourth-order valence-electron chi connectivity index (χ4n) is 13.1. The molecule has 0 aliphatic carbocycles. The Morgan fingerprint density at radius 2 is 0.814 bits per heavy atom. The molecule has 0 unspecified atom stereocenters. The van der Waals surface area contributed by atoms with E-state index in [4.69, 9.17) is 29.8 Å². The zero-order valence-electron chi connectivity index (χ0n) is 72.2. The molecule has 0 saturated heterocycles. The van der Waals surface area contributed by atoms with Crippen LogP contribution in [-0.2, 0) is 130 Å². The predicted octanol–water partition coefficient (Wildman–Crippen LogP) is 1.35. The lowest BCUT2D eigenvalue weighted by molar-refractivity contribution is -0.142. The molecule has 20 N–H and O–H groups in total. The number of carbonyl (C=O) groups is 17. The normalized spacial score (nSPS) is 13.0. The summed E-state index contributed by atoms with van der Waals surface area (Å²) in [5.74, 6) is -18.3. The van der Waals surface area contributed by atoms with Gasteiger partial charge in [-0.05, 0) is 67.0 Å². The Morgan fingerprint density at radius 3 is 1.36 bits per heavy atom. The summed E-state index contributed by atoms with van der Waals surface area (Å²) in [4.78, 5) is 224. The number of aromatic nitrogens is 1. The molecule has 129 heavy (non-hydrogen) atoms. The molecule has 0 saturated carbocycles. The molecule has 44 heteroatoms. The minimum atomic E-state index is -5.01. The predicted molar refractivity (Wildman–Crippen MR) is 461 cm³/mol. The SMILES string of the molecule is CCCC[C@H](NC(=O)[C@H](Cc1ccc(OS(=O)(=O)O)cc1)NC(=O)[C@H](CC(=O)O)NC(=O)COCCOCCNC(=O)COCCOCCNC(=O)CC[C@H](NC(=O)CCCCCCCCCCCCCCCCC(=O)O)C(=O)O)C(=O)NCC(=O)N[C@@H](Cc1c[nH]c2ccccc12)C(=O)N[C@@H](CCC(=O)O)C(=O)N[C@@H](CC(=O)O)C(=O)N[C@@H](Cc1ccccc1)C(N)=O. The van der Waals surface area contributed by atoms with Crippen LogP contribution in [0.15, 0.2) is 85.1 Å². The molecule has 1 heterocycles. The van der Waals surface area contributed by atoms with Gasteiger partial charge in [0.25, 0.3) is 0 Å². The Kier molecular flexibility index (Phi) is 52.4. The van der Waals surface area contributed by atoms with Crippen molar-refractivity contribution < 1.29 is 143 Å². The first-order valence-corrected chi connectivity index (χ1v) is 44.2. The Labute approximate surface area is 746 Å². The van der Waals surface area contributed by atoms with Gasteiger partial charge in [-0.3, -0.25) is 81.3 Å². The van der Waals surface area contributed by atoms with E-state index >= 15 is 0 Å². The van der Waals surface area contributed by atoms with Gasteiger partial charge in [0.1, 0.15) is 67.3 Å².